The molecule has 3 rings (SSSR count). The third kappa shape index (κ3) is 6.13. The first-order chi connectivity index (χ1) is 16.2. The predicted octanol–water partition coefficient (Wildman–Crippen LogP) is 2.88. The summed E-state index contributed by atoms with van der Waals surface area (Å²) in [6, 6.07) is 8.48. The van der Waals surface area contributed by atoms with Gasteiger partial charge in [0.05, 0.1) is 23.2 Å². The Bertz CT molecular complexity index is 1240. The number of halogens is 3. The number of hydrogen-bond donors (Lipinski definition) is 3. The van der Waals surface area contributed by atoms with Gasteiger partial charge in [0, 0.05) is 12.6 Å². The first-order valence-electron chi connectivity index (χ1n) is 9.81. The summed E-state index contributed by atoms with van der Waals surface area (Å²) < 4.78 is 41.6. The van der Waals surface area contributed by atoms with Crippen molar-refractivity contribution >= 4 is 40.9 Å². The number of amides is 3. The van der Waals surface area contributed by atoms with Crippen LogP contribution in [0.25, 0.3) is 5.69 Å². The van der Waals surface area contributed by atoms with Crippen LogP contribution >= 0.6 is 11.8 Å². The molecule has 0 saturated heterocycles. The summed E-state index contributed by atoms with van der Waals surface area (Å²) in [6.07, 6.45) is 1.45. The summed E-state index contributed by atoms with van der Waals surface area (Å²) in [7, 11) is 0. The first-order valence-corrected chi connectivity index (χ1v) is 10.7. The maximum Gasteiger partial charge on any atom is 0.243 e. The fraction of sp³-hybridized carbons (Fsp3) is 0.190. The minimum Gasteiger partial charge on any atom is -0.346 e. The molecule has 0 spiro atoms. The average molecular weight is 492 g/mol. The van der Waals surface area contributed by atoms with Gasteiger partial charge >= 0.3 is 0 Å². The van der Waals surface area contributed by atoms with Crippen molar-refractivity contribution in [3.05, 3.63) is 60.2 Å². The molecule has 3 amide bonds. The van der Waals surface area contributed by atoms with E-state index in [-0.39, 0.29) is 5.91 Å². The van der Waals surface area contributed by atoms with Crippen LogP contribution in [0.2, 0.25) is 0 Å². The van der Waals surface area contributed by atoms with Gasteiger partial charge in [0.2, 0.25) is 17.7 Å². The minimum absolute atomic E-state index is 0.225. The lowest BCUT2D eigenvalue weighted by molar-refractivity contribution is -0.123. The molecule has 1 unspecified atom stereocenters. The summed E-state index contributed by atoms with van der Waals surface area (Å²) in [4.78, 5) is 35.7. The van der Waals surface area contributed by atoms with Gasteiger partial charge in [-0.3, -0.25) is 19.0 Å². The van der Waals surface area contributed by atoms with Gasteiger partial charge in [0.25, 0.3) is 0 Å². The summed E-state index contributed by atoms with van der Waals surface area (Å²) in [5.41, 5.74) is 0.679. The Morgan fingerprint density at radius 1 is 1.09 bits per heavy atom. The number of rotatable bonds is 8. The van der Waals surface area contributed by atoms with Gasteiger partial charge in [-0.15, -0.1) is 10.2 Å². The molecule has 2 aromatic carbocycles. The monoisotopic (exact) mass is 492 g/mol. The fourth-order valence-corrected chi connectivity index (χ4v) is 3.63. The highest BCUT2D eigenvalue weighted by molar-refractivity contribution is 8.00. The van der Waals surface area contributed by atoms with Crippen LogP contribution in [0.3, 0.4) is 0 Å². The first kappa shape index (κ1) is 24.8. The van der Waals surface area contributed by atoms with E-state index in [1.54, 1.807) is 35.8 Å². The molecule has 0 bridgehead atoms. The standard InChI is InChI=1S/C21H19F3N6O3S/c1-11(20(33)25-9-17(32)28-16-7-6-15(22)18(23)19(16)24)34-21-29-26-10-30(21)14-5-3-4-13(8-14)27-12(2)31/h3-8,10-11H,9H2,1-2H3,(H,25,33)(H,27,31)(H,28,32). The van der Waals surface area contributed by atoms with Crippen LogP contribution < -0.4 is 16.0 Å². The van der Waals surface area contributed by atoms with Crippen molar-refractivity contribution in [2.45, 2.75) is 24.3 Å². The van der Waals surface area contributed by atoms with Crippen LogP contribution in [0, 0.1) is 17.5 Å². The van der Waals surface area contributed by atoms with Gasteiger partial charge < -0.3 is 16.0 Å². The third-order valence-electron chi connectivity index (χ3n) is 4.35. The Kier molecular flexibility index (Phi) is 7.89. The molecule has 178 valence electrons. The van der Waals surface area contributed by atoms with Crippen molar-refractivity contribution in [1.29, 1.82) is 0 Å². The molecule has 1 atom stereocenters. The molecule has 0 fully saturated rings. The van der Waals surface area contributed by atoms with E-state index >= 15 is 0 Å². The smallest absolute Gasteiger partial charge is 0.243 e. The molecule has 13 heteroatoms. The van der Waals surface area contributed by atoms with E-state index in [2.05, 4.69) is 26.1 Å². The molecule has 0 aliphatic rings. The summed E-state index contributed by atoms with van der Waals surface area (Å²) in [5, 5.41) is 14.7. The Morgan fingerprint density at radius 2 is 1.85 bits per heavy atom. The second kappa shape index (κ2) is 10.8. The maximum absolute atomic E-state index is 13.7. The largest absolute Gasteiger partial charge is 0.346 e. The number of benzene rings is 2. The van der Waals surface area contributed by atoms with Gasteiger partial charge in [-0.05, 0) is 37.3 Å². The summed E-state index contributed by atoms with van der Waals surface area (Å²) >= 11 is 1.07. The molecule has 0 aliphatic carbocycles. The van der Waals surface area contributed by atoms with E-state index < -0.39 is 46.7 Å². The number of nitrogens with one attached hydrogen (secondary N) is 3. The highest BCUT2D eigenvalue weighted by Crippen LogP contribution is 2.25. The van der Waals surface area contributed by atoms with Crippen LogP contribution in [0.4, 0.5) is 24.5 Å². The Hall–Kier alpha value is -3.87. The third-order valence-corrected chi connectivity index (χ3v) is 5.40. The average Bonchev–Trinajstić information content (AvgIpc) is 3.25. The Labute approximate surface area is 196 Å². The molecule has 9 nitrogen and oxygen atoms in total. The zero-order chi connectivity index (χ0) is 24.8. The highest BCUT2D eigenvalue weighted by Gasteiger charge is 2.20. The molecular formula is C21H19F3N6O3S. The number of thioether (sulfide) groups is 1. The van der Waals surface area contributed by atoms with Crippen molar-refractivity contribution in [2.24, 2.45) is 0 Å². The molecule has 3 N–H and O–H groups in total. The van der Waals surface area contributed by atoms with Gasteiger partial charge in [0.15, 0.2) is 22.6 Å². The van der Waals surface area contributed by atoms with Crippen LogP contribution in [0.15, 0.2) is 47.9 Å². The van der Waals surface area contributed by atoms with E-state index in [1.807, 2.05) is 0 Å². The molecule has 3 aromatic rings. The second-order valence-electron chi connectivity index (χ2n) is 6.96. The normalized spacial score (nSPS) is 11.6. The maximum atomic E-state index is 13.7. The van der Waals surface area contributed by atoms with E-state index in [0.29, 0.717) is 22.6 Å². The van der Waals surface area contributed by atoms with Crippen molar-refractivity contribution in [3.63, 3.8) is 0 Å². The Balaban J connectivity index is 1.59. The lowest BCUT2D eigenvalue weighted by Crippen LogP contribution is -2.37. The van der Waals surface area contributed by atoms with Crippen molar-refractivity contribution in [3.8, 4) is 5.69 Å². The van der Waals surface area contributed by atoms with Crippen LogP contribution in [-0.2, 0) is 14.4 Å². The highest BCUT2D eigenvalue weighted by atomic mass is 32.2. The lowest BCUT2D eigenvalue weighted by atomic mass is 10.2. The number of carbonyl (C=O) groups excluding carboxylic acids is 3. The molecule has 0 aliphatic heterocycles. The van der Waals surface area contributed by atoms with E-state index in [9.17, 15) is 27.6 Å². The second-order valence-corrected chi connectivity index (χ2v) is 8.27. The number of anilines is 2. The number of carbonyl (C=O) groups is 3. The topological polar surface area (TPSA) is 118 Å². The van der Waals surface area contributed by atoms with E-state index in [4.69, 9.17) is 0 Å². The summed E-state index contributed by atoms with van der Waals surface area (Å²) in [6.45, 7) is 2.45. The summed E-state index contributed by atoms with van der Waals surface area (Å²) in [5.74, 6) is -6.20. The fourth-order valence-electron chi connectivity index (χ4n) is 2.76. The zero-order valence-corrected chi connectivity index (χ0v) is 18.8. The van der Waals surface area contributed by atoms with Crippen molar-refractivity contribution in [1.82, 2.24) is 20.1 Å². The van der Waals surface area contributed by atoms with Gasteiger partial charge in [-0.1, -0.05) is 17.8 Å². The molecule has 1 aromatic heterocycles. The molecule has 1 heterocycles. The number of nitrogens with zero attached hydrogens (tertiary/aromatic N) is 3. The van der Waals surface area contributed by atoms with E-state index in [0.717, 1.165) is 17.8 Å². The molecule has 0 saturated carbocycles. The van der Waals surface area contributed by atoms with Crippen LogP contribution in [-0.4, -0.2) is 44.3 Å². The van der Waals surface area contributed by atoms with Gasteiger partial charge in [-0.25, -0.2) is 13.2 Å². The predicted molar refractivity (Wildman–Crippen MR) is 119 cm³/mol. The zero-order valence-electron chi connectivity index (χ0n) is 17.9. The van der Waals surface area contributed by atoms with Crippen LogP contribution in [0.5, 0.6) is 0 Å². The van der Waals surface area contributed by atoms with Gasteiger partial charge in [-0.2, -0.15) is 0 Å². The van der Waals surface area contributed by atoms with E-state index in [1.165, 1.54) is 13.3 Å². The van der Waals surface area contributed by atoms with Gasteiger partial charge in [0.1, 0.15) is 6.33 Å². The van der Waals surface area contributed by atoms with Crippen LogP contribution in [0.1, 0.15) is 13.8 Å². The molecule has 0 radical (unpaired) electrons. The van der Waals surface area contributed by atoms with Crippen molar-refractivity contribution in [2.75, 3.05) is 17.2 Å². The SMILES string of the molecule is CC(=O)Nc1cccc(-n2cnnc2SC(C)C(=O)NCC(=O)Nc2ccc(F)c(F)c2F)c1. The minimum atomic E-state index is -1.71. The molecule has 34 heavy (non-hydrogen) atoms. The van der Waals surface area contributed by atoms with Crippen molar-refractivity contribution < 1.29 is 27.6 Å². The number of aromatic nitrogens is 3. The molecular weight excluding hydrogens is 473 g/mol. The lowest BCUT2D eigenvalue weighted by Gasteiger charge is -2.13. The quantitative estimate of drug-likeness (QED) is 0.329. The number of hydrogen-bond acceptors (Lipinski definition) is 6. The Morgan fingerprint density at radius 3 is 2.59 bits per heavy atom.